The number of carbonyl (C=O) groups excluding carboxylic acids is 2. The fraction of sp³-hybridized carbons (Fsp3) is 0.375. The number of aliphatic carboxylic acids is 2. The molecule has 0 spiro atoms. The Morgan fingerprint density at radius 2 is 1.00 bits per heavy atom. The Labute approximate surface area is 233 Å². The average molecular weight is 536 g/mol. The van der Waals surface area contributed by atoms with Gasteiger partial charge in [-0.3, -0.25) is 5.32 Å². The molecular formula is C32H45N3O4. The van der Waals surface area contributed by atoms with Crippen molar-refractivity contribution in [1.82, 2.24) is 5.32 Å². The molecule has 0 amide bonds. The smallest absolute Gasteiger partial charge is 0.0953 e. The first-order valence-corrected chi connectivity index (χ1v) is 13.8. The minimum absolute atomic E-state index is 0.154. The van der Waals surface area contributed by atoms with Crippen LogP contribution in [0.25, 0.3) is 0 Å². The molecule has 0 aliphatic rings. The van der Waals surface area contributed by atoms with E-state index in [-0.39, 0.29) is 12.8 Å². The summed E-state index contributed by atoms with van der Waals surface area (Å²) >= 11 is 0. The van der Waals surface area contributed by atoms with E-state index in [2.05, 4.69) is 43.6 Å². The number of quaternary nitrogens is 2. The molecule has 0 saturated carbocycles. The van der Waals surface area contributed by atoms with Crippen molar-refractivity contribution in [3.63, 3.8) is 0 Å². The molecule has 0 heterocycles. The Bertz CT molecular complexity index is 940. The Hall–Kier alpha value is -3.52. The van der Waals surface area contributed by atoms with Gasteiger partial charge in [0.15, 0.2) is 0 Å². The van der Waals surface area contributed by atoms with E-state index in [1.807, 2.05) is 91.0 Å². The zero-order valence-electron chi connectivity index (χ0n) is 23.8. The lowest BCUT2D eigenvalue weighted by Crippen LogP contribution is -2.82. The first-order valence-electron chi connectivity index (χ1n) is 13.8. The van der Waals surface area contributed by atoms with E-state index in [9.17, 15) is 19.8 Å². The molecular weight excluding hydrogens is 490 g/mol. The van der Waals surface area contributed by atoms with Crippen molar-refractivity contribution >= 4 is 11.9 Å². The highest BCUT2D eigenvalue weighted by Crippen LogP contribution is 2.37. The van der Waals surface area contributed by atoms with E-state index in [0.717, 1.165) is 16.7 Å². The summed E-state index contributed by atoms with van der Waals surface area (Å²) in [5, 5.41) is 30.6. The summed E-state index contributed by atoms with van der Waals surface area (Å²) in [5.41, 5.74) is 1.48. The molecule has 3 rings (SSSR count). The Kier molecular flexibility index (Phi) is 16.8. The molecule has 0 bridgehead atoms. The first-order chi connectivity index (χ1) is 18.9. The van der Waals surface area contributed by atoms with Gasteiger partial charge in [0.25, 0.3) is 0 Å². The van der Waals surface area contributed by atoms with E-state index in [4.69, 9.17) is 0 Å². The third-order valence-electron chi connectivity index (χ3n) is 6.09. The van der Waals surface area contributed by atoms with Gasteiger partial charge in [-0.15, -0.1) is 0 Å². The van der Waals surface area contributed by atoms with Gasteiger partial charge in [0, 0.05) is 12.0 Å². The lowest BCUT2D eigenvalue weighted by molar-refractivity contribution is -0.648. The molecule has 0 radical (unpaired) electrons. The van der Waals surface area contributed by atoms with Crippen LogP contribution >= 0.6 is 0 Å². The van der Waals surface area contributed by atoms with Gasteiger partial charge in [0.2, 0.25) is 0 Å². The molecule has 0 aliphatic carbocycles. The number of hydrogen-bond acceptors (Lipinski definition) is 5. The molecule has 0 unspecified atom stereocenters. The summed E-state index contributed by atoms with van der Waals surface area (Å²) in [6, 6.07) is 27.2. The van der Waals surface area contributed by atoms with Crippen LogP contribution in [-0.2, 0) is 15.1 Å². The summed E-state index contributed by atoms with van der Waals surface area (Å²) in [6.45, 7) is 13.5. The third kappa shape index (κ3) is 11.4. The lowest BCUT2D eigenvalue weighted by Gasteiger charge is -2.40. The zero-order chi connectivity index (χ0) is 28.9. The van der Waals surface area contributed by atoms with E-state index < -0.39 is 23.5 Å². The van der Waals surface area contributed by atoms with Crippen LogP contribution in [-0.4, -0.2) is 44.2 Å². The standard InChI is InChI=1S/C24H23NO4.2C4H11N/c26-22(27)17-16-21(23(28)29)25-24(18-10-4-1-5-11-18,19-12-6-2-7-13-19)20-14-8-3-9-15-20;2*1-3-5-4-2/h1-15,21,25H,16-17H2,(H,26,27)(H,28,29);2*5H,3-4H2,1-2H3/t21-;;/m0../s1. The quantitative estimate of drug-likeness (QED) is 0.273. The number of carboxylic acid groups (broad SMARTS) is 2. The number of rotatable bonds is 13. The maximum atomic E-state index is 11.9. The molecule has 7 nitrogen and oxygen atoms in total. The average Bonchev–Trinajstić information content (AvgIpc) is 2.96. The normalized spacial score (nSPS) is 11.3. The highest BCUT2D eigenvalue weighted by Gasteiger charge is 2.38. The Morgan fingerprint density at radius 3 is 1.23 bits per heavy atom. The van der Waals surface area contributed by atoms with Crippen molar-refractivity contribution in [2.24, 2.45) is 0 Å². The molecule has 5 N–H and O–H groups in total. The van der Waals surface area contributed by atoms with E-state index in [1.54, 1.807) is 0 Å². The van der Waals surface area contributed by atoms with Crippen LogP contribution in [0.2, 0.25) is 0 Å². The van der Waals surface area contributed by atoms with Crippen LogP contribution in [0.1, 0.15) is 57.2 Å². The molecule has 1 atom stereocenters. The fourth-order valence-electron chi connectivity index (χ4n) is 4.16. The number of nitrogens with two attached hydrogens (primary N) is 2. The van der Waals surface area contributed by atoms with Gasteiger partial charge < -0.3 is 30.4 Å². The van der Waals surface area contributed by atoms with Crippen molar-refractivity contribution in [3.05, 3.63) is 108 Å². The molecule has 0 fully saturated rings. The molecule has 212 valence electrons. The SMILES string of the molecule is CC[NH2+]CC.CC[NH2+]CC.O=C([O-])CC[C@H](NC(c1ccccc1)(c1ccccc1)c1ccccc1)C(=O)[O-]. The lowest BCUT2D eigenvalue weighted by atomic mass is 9.76. The van der Waals surface area contributed by atoms with Crippen LogP contribution in [0.5, 0.6) is 0 Å². The van der Waals surface area contributed by atoms with E-state index >= 15 is 0 Å². The van der Waals surface area contributed by atoms with Crippen LogP contribution in [0.3, 0.4) is 0 Å². The number of hydrogen-bond donors (Lipinski definition) is 3. The van der Waals surface area contributed by atoms with Gasteiger partial charge in [-0.1, -0.05) is 91.0 Å². The van der Waals surface area contributed by atoms with Gasteiger partial charge in [0.05, 0.1) is 37.7 Å². The first kappa shape index (κ1) is 33.5. The highest BCUT2D eigenvalue weighted by atomic mass is 16.4. The Morgan fingerprint density at radius 1 is 0.667 bits per heavy atom. The third-order valence-corrected chi connectivity index (χ3v) is 6.09. The number of carbonyl (C=O) groups is 2. The second-order valence-electron chi connectivity index (χ2n) is 8.99. The van der Waals surface area contributed by atoms with Crippen LogP contribution < -0.4 is 26.2 Å². The van der Waals surface area contributed by atoms with Gasteiger partial charge in [0.1, 0.15) is 0 Å². The number of nitrogens with one attached hydrogen (secondary N) is 1. The monoisotopic (exact) mass is 535 g/mol. The molecule has 39 heavy (non-hydrogen) atoms. The maximum Gasteiger partial charge on any atom is 0.0953 e. The number of benzene rings is 3. The van der Waals surface area contributed by atoms with Crippen LogP contribution in [0.4, 0.5) is 0 Å². The van der Waals surface area contributed by atoms with E-state index in [0.29, 0.717) is 0 Å². The predicted molar refractivity (Wildman–Crippen MR) is 151 cm³/mol. The van der Waals surface area contributed by atoms with Crippen molar-refractivity contribution in [2.45, 2.75) is 52.1 Å². The van der Waals surface area contributed by atoms with Crippen LogP contribution in [0.15, 0.2) is 91.0 Å². The molecule has 7 heteroatoms. The number of carboxylic acids is 2. The molecule has 0 aromatic heterocycles. The maximum absolute atomic E-state index is 11.9. The summed E-state index contributed by atoms with van der Waals surface area (Å²) in [4.78, 5) is 22.8. The summed E-state index contributed by atoms with van der Waals surface area (Å²) in [7, 11) is 0. The van der Waals surface area contributed by atoms with Crippen LogP contribution in [0, 0.1) is 0 Å². The van der Waals surface area contributed by atoms with Crippen molar-refractivity contribution in [1.29, 1.82) is 0 Å². The second-order valence-corrected chi connectivity index (χ2v) is 8.99. The van der Waals surface area contributed by atoms with Gasteiger partial charge in [-0.2, -0.15) is 0 Å². The van der Waals surface area contributed by atoms with Crippen molar-refractivity contribution < 1.29 is 30.4 Å². The van der Waals surface area contributed by atoms with Crippen molar-refractivity contribution in [2.75, 3.05) is 26.2 Å². The molecule has 3 aromatic rings. The largest absolute Gasteiger partial charge is 0.550 e. The summed E-state index contributed by atoms with van der Waals surface area (Å²) in [5.74, 6) is -2.67. The molecule has 0 aliphatic heterocycles. The Balaban J connectivity index is 0.000000650. The highest BCUT2D eigenvalue weighted by molar-refractivity contribution is 5.73. The van der Waals surface area contributed by atoms with Gasteiger partial charge in [-0.05, 0) is 57.2 Å². The molecule has 3 aromatic carbocycles. The zero-order valence-corrected chi connectivity index (χ0v) is 23.8. The molecule has 0 saturated heterocycles. The second kappa shape index (κ2) is 19.5. The van der Waals surface area contributed by atoms with E-state index in [1.165, 1.54) is 26.2 Å². The van der Waals surface area contributed by atoms with Gasteiger partial charge >= 0.3 is 0 Å². The summed E-state index contributed by atoms with van der Waals surface area (Å²) in [6.07, 6.45) is -0.543. The fourth-order valence-corrected chi connectivity index (χ4v) is 4.16. The summed E-state index contributed by atoms with van der Waals surface area (Å²) < 4.78 is 0. The minimum Gasteiger partial charge on any atom is -0.550 e. The van der Waals surface area contributed by atoms with Gasteiger partial charge in [-0.25, -0.2) is 0 Å². The minimum atomic E-state index is -1.36. The van der Waals surface area contributed by atoms with Crippen molar-refractivity contribution in [3.8, 4) is 0 Å². The predicted octanol–water partition coefficient (Wildman–Crippen LogP) is 0.396. The topological polar surface area (TPSA) is 126 Å².